The van der Waals surface area contributed by atoms with Crippen LogP contribution in [0.5, 0.6) is 0 Å². The van der Waals surface area contributed by atoms with Gasteiger partial charge < -0.3 is 4.90 Å². The number of nitrogens with zero attached hydrogens (tertiary/aromatic N) is 3. The highest BCUT2D eigenvalue weighted by molar-refractivity contribution is 7.09. The fourth-order valence-corrected chi connectivity index (χ4v) is 4.17. The van der Waals surface area contributed by atoms with Crippen molar-refractivity contribution in [2.24, 2.45) is 0 Å². The van der Waals surface area contributed by atoms with Gasteiger partial charge in [0, 0.05) is 42.5 Å². The van der Waals surface area contributed by atoms with Crippen molar-refractivity contribution in [3.8, 4) is 0 Å². The van der Waals surface area contributed by atoms with Crippen LogP contribution in [0, 0.1) is 6.92 Å². The minimum Gasteiger partial charge on any atom is -0.338 e. The first-order valence-corrected chi connectivity index (χ1v) is 9.90. The van der Waals surface area contributed by atoms with Gasteiger partial charge in [0.2, 0.25) is 5.91 Å². The Morgan fingerprint density at radius 3 is 2.96 bits per heavy atom. The number of amides is 1. The number of hydrogen-bond donors (Lipinski definition) is 0. The van der Waals surface area contributed by atoms with Crippen LogP contribution in [0.15, 0.2) is 29.6 Å². The molecule has 1 aromatic carbocycles. The van der Waals surface area contributed by atoms with E-state index >= 15 is 0 Å². The molecule has 0 aliphatic carbocycles. The number of aryl methyl sites for hydroxylation is 1. The molecule has 25 heavy (non-hydrogen) atoms. The van der Waals surface area contributed by atoms with E-state index < -0.39 is 0 Å². The van der Waals surface area contributed by atoms with Gasteiger partial charge in [-0.25, -0.2) is 4.98 Å². The third-order valence-corrected chi connectivity index (χ3v) is 5.80. The molecule has 1 saturated heterocycles. The highest BCUT2D eigenvalue weighted by atomic mass is 35.5. The van der Waals surface area contributed by atoms with Gasteiger partial charge in [0.1, 0.15) is 0 Å². The third-order valence-electron chi connectivity index (χ3n) is 4.74. The lowest BCUT2D eigenvalue weighted by atomic mass is 10.1. The highest BCUT2D eigenvalue weighted by Crippen LogP contribution is 2.21. The zero-order valence-electron chi connectivity index (χ0n) is 14.7. The van der Waals surface area contributed by atoms with Crippen LogP contribution in [-0.4, -0.2) is 40.3 Å². The first-order chi connectivity index (χ1) is 12.0. The number of hydrogen-bond acceptors (Lipinski definition) is 4. The van der Waals surface area contributed by atoms with E-state index in [4.69, 9.17) is 11.6 Å². The molecule has 4 nitrogen and oxygen atoms in total. The molecule has 1 atom stereocenters. The predicted molar refractivity (Wildman–Crippen MR) is 103 cm³/mol. The van der Waals surface area contributed by atoms with E-state index in [0.29, 0.717) is 19.0 Å². The van der Waals surface area contributed by atoms with Crippen LogP contribution in [0.25, 0.3) is 0 Å². The number of benzene rings is 1. The predicted octanol–water partition coefficient (Wildman–Crippen LogP) is 4.12. The van der Waals surface area contributed by atoms with Crippen molar-refractivity contribution in [1.29, 1.82) is 0 Å². The summed E-state index contributed by atoms with van der Waals surface area (Å²) in [5.41, 5.74) is 2.21. The Morgan fingerprint density at radius 2 is 2.24 bits per heavy atom. The summed E-state index contributed by atoms with van der Waals surface area (Å²) in [5.74, 6) is 0.236. The zero-order valence-corrected chi connectivity index (χ0v) is 16.3. The minimum absolute atomic E-state index is 0.236. The lowest BCUT2D eigenvalue weighted by Gasteiger charge is -2.26. The second-order valence-corrected chi connectivity index (χ2v) is 8.20. The first-order valence-electron chi connectivity index (χ1n) is 8.65. The third kappa shape index (κ3) is 5.03. The Hall–Kier alpha value is -1.43. The maximum absolute atomic E-state index is 12.5. The SMILES string of the molecule is Cc1nc(CN(C)C2CCC(=O)N(Cc3cccc(Cl)c3)CC2)cs1. The number of carbonyl (C=O) groups is 1. The zero-order chi connectivity index (χ0) is 17.8. The molecule has 2 heterocycles. The molecule has 0 bridgehead atoms. The number of rotatable bonds is 5. The van der Waals surface area contributed by atoms with Crippen molar-refractivity contribution in [3.63, 3.8) is 0 Å². The summed E-state index contributed by atoms with van der Waals surface area (Å²) in [6.45, 7) is 4.31. The summed E-state index contributed by atoms with van der Waals surface area (Å²) in [7, 11) is 2.14. The van der Waals surface area contributed by atoms with Crippen LogP contribution in [0.3, 0.4) is 0 Å². The van der Waals surface area contributed by atoms with Crippen molar-refractivity contribution in [1.82, 2.24) is 14.8 Å². The topological polar surface area (TPSA) is 36.4 Å². The molecule has 0 spiro atoms. The second kappa shape index (κ2) is 8.30. The van der Waals surface area contributed by atoms with E-state index in [-0.39, 0.29) is 5.91 Å². The van der Waals surface area contributed by atoms with Gasteiger partial charge in [-0.1, -0.05) is 23.7 Å². The monoisotopic (exact) mass is 377 g/mol. The quantitative estimate of drug-likeness (QED) is 0.786. The van der Waals surface area contributed by atoms with E-state index in [1.165, 1.54) is 0 Å². The van der Waals surface area contributed by atoms with Gasteiger partial charge >= 0.3 is 0 Å². The molecule has 1 unspecified atom stereocenters. The molecule has 0 N–H and O–H groups in total. The van der Waals surface area contributed by atoms with E-state index in [1.54, 1.807) is 11.3 Å². The minimum atomic E-state index is 0.236. The van der Waals surface area contributed by atoms with Gasteiger partial charge in [0.05, 0.1) is 10.7 Å². The van der Waals surface area contributed by atoms with Crippen LogP contribution in [0.4, 0.5) is 0 Å². The van der Waals surface area contributed by atoms with E-state index in [0.717, 1.165) is 47.2 Å². The summed E-state index contributed by atoms with van der Waals surface area (Å²) < 4.78 is 0. The molecule has 1 aromatic heterocycles. The van der Waals surface area contributed by atoms with Gasteiger partial charge in [-0.05, 0) is 44.5 Å². The van der Waals surface area contributed by atoms with Gasteiger partial charge in [0.25, 0.3) is 0 Å². The van der Waals surface area contributed by atoms with Crippen molar-refractivity contribution < 1.29 is 4.79 Å². The van der Waals surface area contributed by atoms with Crippen molar-refractivity contribution in [2.75, 3.05) is 13.6 Å². The average molecular weight is 378 g/mol. The molecule has 6 heteroatoms. The summed E-state index contributed by atoms with van der Waals surface area (Å²) in [6, 6.07) is 8.18. The number of carbonyl (C=O) groups excluding carboxylic acids is 1. The molecule has 0 radical (unpaired) electrons. The Labute approximate surface area is 158 Å². The van der Waals surface area contributed by atoms with Gasteiger partial charge in [-0.2, -0.15) is 0 Å². The molecule has 0 saturated carbocycles. The fourth-order valence-electron chi connectivity index (χ4n) is 3.35. The van der Waals surface area contributed by atoms with E-state index in [1.807, 2.05) is 36.1 Å². The lowest BCUT2D eigenvalue weighted by Crippen LogP contribution is -2.33. The van der Waals surface area contributed by atoms with Crippen molar-refractivity contribution in [2.45, 2.75) is 45.3 Å². The number of halogens is 1. The van der Waals surface area contributed by atoms with Crippen LogP contribution >= 0.6 is 22.9 Å². The number of thiazole rings is 1. The Morgan fingerprint density at radius 1 is 1.40 bits per heavy atom. The highest BCUT2D eigenvalue weighted by Gasteiger charge is 2.25. The van der Waals surface area contributed by atoms with Crippen LogP contribution in [-0.2, 0) is 17.9 Å². The van der Waals surface area contributed by atoms with Crippen molar-refractivity contribution in [3.05, 3.63) is 50.9 Å². The largest absolute Gasteiger partial charge is 0.338 e. The van der Waals surface area contributed by atoms with Gasteiger partial charge in [-0.3, -0.25) is 9.69 Å². The maximum atomic E-state index is 12.5. The lowest BCUT2D eigenvalue weighted by molar-refractivity contribution is -0.131. The van der Waals surface area contributed by atoms with Crippen LogP contribution in [0.1, 0.15) is 35.5 Å². The number of likely N-dealkylation sites (tertiary alicyclic amines) is 1. The summed E-state index contributed by atoms with van der Waals surface area (Å²) >= 11 is 7.75. The molecule has 1 fully saturated rings. The second-order valence-electron chi connectivity index (χ2n) is 6.70. The van der Waals surface area contributed by atoms with Gasteiger partial charge in [0.15, 0.2) is 0 Å². The molecule has 1 aliphatic rings. The smallest absolute Gasteiger partial charge is 0.222 e. The average Bonchev–Trinajstić information content (AvgIpc) is 2.88. The summed E-state index contributed by atoms with van der Waals surface area (Å²) in [4.78, 5) is 21.3. The maximum Gasteiger partial charge on any atom is 0.222 e. The van der Waals surface area contributed by atoms with E-state index in [9.17, 15) is 4.79 Å². The molecule has 134 valence electrons. The fraction of sp³-hybridized carbons (Fsp3) is 0.474. The molecule has 1 aliphatic heterocycles. The first kappa shape index (κ1) is 18.4. The van der Waals surface area contributed by atoms with Gasteiger partial charge in [-0.15, -0.1) is 11.3 Å². The normalized spacial score (nSPS) is 18.6. The number of aromatic nitrogens is 1. The Balaban J connectivity index is 1.59. The molecule has 3 rings (SSSR count). The van der Waals surface area contributed by atoms with Crippen molar-refractivity contribution >= 4 is 28.8 Å². The summed E-state index contributed by atoms with van der Waals surface area (Å²) in [6.07, 6.45) is 2.50. The molecule has 1 amide bonds. The summed E-state index contributed by atoms with van der Waals surface area (Å²) in [5, 5.41) is 3.95. The Bertz CT molecular complexity index is 733. The standard InChI is InChI=1S/C19H24ClN3OS/c1-14-21-17(13-25-14)12-22(2)18-6-7-19(24)23(9-8-18)11-15-4-3-5-16(20)10-15/h3-5,10,13,18H,6-9,11-12H2,1-2H3. The molecular weight excluding hydrogens is 354 g/mol. The molecular formula is C19H24ClN3OS. The van der Waals surface area contributed by atoms with Crippen LogP contribution < -0.4 is 0 Å². The Kier molecular flexibility index (Phi) is 6.10. The molecule has 2 aromatic rings. The van der Waals surface area contributed by atoms with E-state index in [2.05, 4.69) is 22.3 Å². The van der Waals surface area contributed by atoms with Crippen LogP contribution in [0.2, 0.25) is 5.02 Å².